The summed E-state index contributed by atoms with van der Waals surface area (Å²) in [5, 5.41) is 12.0. The molecule has 0 radical (unpaired) electrons. The molecule has 4 aromatic rings. The number of non-ortho nitro benzene ring substituents is 1. The Morgan fingerprint density at radius 1 is 1.03 bits per heavy atom. The monoisotopic (exact) mass is 499 g/mol. The third-order valence-electron chi connectivity index (χ3n) is 6.28. The molecule has 10 heteroatoms. The van der Waals surface area contributed by atoms with Crippen LogP contribution in [-0.4, -0.2) is 52.0 Å². The molecule has 0 aliphatic carbocycles. The van der Waals surface area contributed by atoms with Gasteiger partial charge in [-0.25, -0.2) is 4.98 Å². The fourth-order valence-corrected chi connectivity index (χ4v) is 4.45. The van der Waals surface area contributed by atoms with Gasteiger partial charge < -0.3 is 19.5 Å². The van der Waals surface area contributed by atoms with Crippen LogP contribution in [0.3, 0.4) is 0 Å². The van der Waals surface area contributed by atoms with E-state index in [4.69, 9.17) is 4.74 Å². The lowest BCUT2D eigenvalue weighted by molar-refractivity contribution is -0.384. The molecule has 1 fully saturated rings. The van der Waals surface area contributed by atoms with E-state index in [0.29, 0.717) is 48.7 Å². The lowest BCUT2D eigenvalue weighted by Gasteiger charge is -2.31. The molecule has 2 heterocycles. The predicted molar refractivity (Wildman–Crippen MR) is 139 cm³/mol. The zero-order valence-electron chi connectivity index (χ0n) is 20.0. The maximum atomic E-state index is 14.1. The minimum Gasteiger partial charge on any atom is -0.378 e. The molecule has 1 saturated heterocycles. The summed E-state index contributed by atoms with van der Waals surface area (Å²) in [6.45, 7) is 2.37. The van der Waals surface area contributed by atoms with Crippen LogP contribution in [0.5, 0.6) is 0 Å². The van der Waals surface area contributed by atoms with Crippen LogP contribution in [0.25, 0.3) is 10.9 Å². The first-order chi connectivity index (χ1) is 18.0. The number of hydrogen-bond donors (Lipinski definition) is 1. The summed E-state index contributed by atoms with van der Waals surface area (Å²) < 4.78 is 5.45. The Hall–Kier alpha value is -4.57. The molecule has 1 aliphatic rings. The second-order valence-electron chi connectivity index (χ2n) is 8.73. The Balaban J connectivity index is 1.56. The summed E-state index contributed by atoms with van der Waals surface area (Å²) in [5.41, 5.74) is 1.76. The number of nitrogens with zero attached hydrogens (tertiary/aromatic N) is 4. The molecule has 0 atom stereocenters. The van der Waals surface area contributed by atoms with Crippen LogP contribution in [0, 0.1) is 10.1 Å². The van der Waals surface area contributed by atoms with Crippen molar-refractivity contribution in [1.82, 2.24) is 14.9 Å². The summed E-state index contributed by atoms with van der Waals surface area (Å²) in [6.07, 6.45) is 0. The second-order valence-corrected chi connectivity index (χ2v) is 8.73. The molecular weight excluding hydrogens is 474 g/mol. The molecule has 10 nitrogen and oxygen atoms in total. The van der Waals surface area contributed by atoms with Crippen LogP contribution in [0.2, 0.25) is 0 Å². The molecule has 3 aromatic carbocycles. The van der Waals surface area contributed by atoms with E-state index in [1.807, 2.05) is 35.2 Å². The lowest BCUT2D eigenvalue weighted by atomic mass is 10.1. The average Bonchev–Trinajstić information content (AvgIpc) is 2.93. The van der Waals surface area contributed by atoms with E-state index in [2.05, 4.69) is 9.97 Å². The van der Waals surface area contributed by atoms with Gasteiger partial charge in [-0.1, -0.05) is 42.5 Å². The fourth-order valence-electron chi connectivity index (χ4n) is 4.45. The molecule has 37 heavy (non-hydrogen) atoms. The van der Waals surface area contributed by atoms with E-state index in [9.17, 15) is 19.7 Å². The number of nitro groups is 1. The topological polar surface area (TPSA) is 122 Å². The number of rotatable bonds is 7. The SMILES string of the molecule is O=C(c1cc([N+](=O)[O-])ccc1N1CCOCC1)N(Cc1ccccc1)Cc1nc2ccccc2c(=O)[nH]1. The van der Waals surface area contributed by atoms with Gasteiger partial charge >= 0.3 is 0 Å². The van der Waals surface area contributed by atoms with Gasteiger partial charge in [-0.3, -0.25) is 19.7 Å². The normalized spacial score (nSPS) is 13.5. The van der Waals surface area contributed by atoms with Gasteiger partial charge in [0, 0.05) is 31.8 Å². The zero-order chi connectivity index (χ0) is 25.8. The number of morpholine rings is 1. The summed E-state index contributed by atoms with van der Waals surface area (Å²) in [7, 11) is 0. The first-order valence-corrected chi connectivity index (χ1v) is 11.9. The highest BCUT2D eigenvalue weighted by Gasteiger charge is 2.26. The summed E-state index contributed by atoms with van der Waals surface area (Å²) in [5.74, 6) is -0.0730. The number of para-hydroxylation sites is 1. The number of hydrogen-bond acceptors (Lipinski definition) is 7. The van der Waals surface area contributed by atoms with Crippen molar-refractivity contribution in [2.75, 3.05) is 31.2 Å². The molecule has 5 rings (SSSR count). The molecule has 0 bridgehead atoms. The minimum atomic E-state index is -0.510. The second kappa shape index (κ2) is 10.6. The quantitative estimate of drug-likeness (QED) is 0.305. The van der Waals surface area contributed by atoms with E-state index < -0.39 is 10.8 Å². The molecule has 1 amide bonds. The number of amides is 1. The minimum absolute atomic E-state index is 0.0129. The van der Waals surface area contributed by atoms with Gasteiger partial charge in [0.1, 0.15) is 5.82 Å². The van der Waals surface area contributed by atoms with E-state index in [0.717, 1.165) is 5.56 Å². The predicted octanol–water partition coefficient (Wildman–Crippen LogP) is 3.51. The molecule has 0 unspecified atom stereocenters. The molecule has 188 valence electrons. The van der Waals surface area contributed by atoms with Crippen molar-refractivity contribution >= 4 is 28.2 Å². The van der Waals surface area contributed by atoms with Crippen molar-refractivity contribution in [2.24, 2.45) is 0 Å². The number of aromatic nitrogens is 2. The smallest absolute Gasteiger partial charge is 0.270 e. The van der Waals surface area contributed by atoms with Crippen molar-refractivity contribution in [3.63, 3.8) is 0 Å². The highest BCUT2D eigenvalue weighted by Crippen LogP contribution is 2.28. The Bertz CT molecular complexity index is 1500. The van der Waals surface area contributed by atoms with Crippen molar-refractivity contribution in [1.29, 1.82) is 0 Å². The number of nitrogens with one attached hydrogen (secondary N) is 1. The van der Waals surface area contributed by atoms with E-state index in [1.165, 1.54) is 12.1 Å². The van der Waals surface area contributed by atoms with E-state index in [1.54, 1.807) is 35.2 Å². The first kappa shape index (κ1) is 24.1. The van der Waals surface area contributed by atoms with Crippen molar-refractivity contribution < 1.29 is 14.5 Å². The fraction of sp³-hybridized carbons (Fsp3) is 0.222. The highest BCUT2D eigenvalue weighted by atomic mass is 16.6. The molecule has 1 aliphatic heterocycles. The Labute approximate surface area is 212 Å². The molecule has 1 aromatic heterocycles. The maximum absolute atomic E-state index is 14.1. The van der Waals surface area contributed by atoms with Gasteiger partial charge in [0.05, 0.1) is 46.8 Å². The lowest BCUT2D eigenvalue weighted by Crippen LogP contribution is -2.38. The standard InChI is InChI=1S/C27H25N5O5/c33-26-21-8-4-5-9-23(21)28-25(29-26)18-31(17-19-6-2-1-3-7-19)27(34)22-16-20(32(35)36)10-11-24(22)30-12-14-37-15-13-30/h1-11,16H,12-15,17-18H2,(H,28,29,33). The number of aromatic amines is 1. The Morgan fingerprint density at radius 2 is 1.76 bits per heavy atom. The van der Waals surface area contributed by atoms with Gasteiger partial charge in [0.15, 0.2) is 0 Å². The molecule has 0 saturated carbocycles. The molecular formula is C27H25N5O5. The van der Waals surface area contributed by atoms with Crippen LogP contribution < -0.4 is 10.5 Å². The first-order valence-electron chi connectivity index (χ1n) is 11.9. The Kier molecular flexibility index (Phi) is 6.91. The number of anilines is 1. The summed E-state index contributed by atoms with van der Waals surface area (Å²) >= 11 is 0. The summed E-state index contributed by atoms with van der Waals surface area (Å²) in [6, 6.07) is 20.8. The van der Waals surface area contributed by atoms with Crippen molar-refractivity contribution in [3.05, 3.63) is 110 Å². The van der Waals surface area contributed by atoms with E-state index >= 15 is 0 Å². The van der Waals surface area contributed by atoms with Crippen LogP contribution in [0.1, 0.15) is 21.7 Å². The Morgan fingerprint density at radius 3 is 2.51 bits per heavy atom. The van der Waals surface area contributed by atoms with Crippen molar-refractivity contribution in [3.8, 4) is 0 Å². The third-order valence-corrected chi connectivity index (χ3v) is 6.28. The number of carbonyl (C=O) groups is 1. The van der Waals surface area contributed by atoms with Gasteiger partial charge in [0.25, 0.3) is 17.2 Å². The molecule has 0 spiro atoms. The highest BCUT2D eigenvalue weighted by molar-refractivity contribution is 6.00. The largest absolute Gasteiger partial charge is 0.378 e. The number of H-pyrrole nitrogens is 1. The number of ether oxygens (including phenoxy) is 1. The van der Waals surface area contributed by atoms with E-state index in [-0.39, 0.29) is 29.9 Å². The van der Waals surface area contributed by atoms with Crippen LogP contribution >= 0.6 is 0 Å². The number of fused-ring (bicyclic) bond motifs is 1. The number of benzene rings is 3. The van der Waals surface area contributed by atoms with Crippen LogP contribution in [-0.2, 0) is 17.8 Å². The summed E-state index contributed by atoms with van der Waals surface area (Å²) in [4.78, 5) is 48.7. The average molecular weight is 500 g/mol. The maximum Gasteiger partial charge on any atom is 0.270 e. The van der Waals surface area contributed by atoms with Crippen LogP contribution in [0.4, 0.5) is 11.4 Å². The molecule has 1 N–H and O–H groups in total. The zero-order valence-corrected chi connectivity index (χ0v) is 20.0. The van der Waals surface area contributed by atoms with Gasteiger partial charge in [-0.2, -0.15) is 0 Å². The van der Waals surface area contributed by atoms with Crippen molar-refractivity contribution in [2.45, 2.75) is 13.1 Å². The van der Waals surface area contributed by atoms with Gasteiger partial charge in [-0.05, 0) is 23.8 Å². The number of nitro benzene ring substituents is 1. The van der Waals surface area contributed by atoms with Gasteiger partial charge in [0.2, 0.25) is 0 Å². The van der Waals surface area contributed by atoms with Crippen LogP contribution in [0.15, 0.2) is 77.6 Å². The number of carbonyl (C=O) groups excluding carboxylic acids is 1. The van der Waals surface area contributed by atoms with Gasteiger partial charge in [-0.15, -0.1) is 0 Å². The third kappa shape index (κ3) is 5.34.